The summed E-state index contributed by atoms with van der Waals surface area (Å²) >= 11 is 0. The molecule has 0 spiro atoms. The molecular formula is C32H37FN4O4S. The van der Waals surface area contributed by atoms with Gasteiger partial charge in [0.05, 0.1) is 11.5 Å². The zero-order valence-corrected chi connectivity index (χ0v) is 24.4. The van der Waals surface area contributed by atoms with Crippen LogP contribution in [0.15, 0.2) is 85.7 Å². The van der Waals surface area contributed by atoms with Gasteiger partial charge in [0.2, 0.25) is 5.91 Å². The molecular weight excluding hydrogens is 555 g/mol. The van der Waals surface area contributed by atoms with E-state index in [0.29, 0.717) is 43.5 Å². The van der Waals surface area contributed by atoms with Gasteiger partial charge >= 0.3 is 0 Å². The predicted molar refractivity (Wildman–Crippen MR) is 161 cm³/mol. The maximum atomic E-state index is 13.6. The molecule has 2 fully saturated rings. The van der Waals surface area contributed by atoms with Crippen molar-refractivity contribution >= 4 is 21.7 Å². The van der Waals surface area contributed by atoms with Crippen LogP contribution in [0.1, 0.15) is 41.1 Å². The lowest BCUT2D eigenvalue weighted by atomic mass is 10.1. The number of carbonyl (C=O) groups is 2. The highest BCUT2D eigenvalue weighted by Gasteiger charge is 2.42. The smallest absolute Gasteiger partial charge is 0.251 e. The first kappa shape index (κ1) is 29.7. The van der Waals surface area contributed by atoms with Crippen LogP contribution < -0.4 is 5.32 Å². The van der Waals surface area contributed by atoms with Crippen molar-refractivity contribution in [3.8, 4) is 5.69 Å². The van der Waals surface area contributed by atoms with Crippen molar-refractivity contribution in [1.82, 2.24) is 19.7 Å². The average molecular weight is 593 g/mol. The quantitative estimate of drug-likeness (QED) is 0.323. The minimum Gasteiger partial charge on any atom is -0.340 e. The van der Waals surface area contributed by atoms with E-state index >= 15 is 0 Å². The van der Waals surface area contributed by atoms with Crippen LogP contribution >= 0.6 is 0 Å². The summed E-state index contributed by atoms with van der Waals surface area (Å²) < 4.78 is 39.2. The summed E-state index contributed by atoms with van der Waals surface area (Å²) in [5.74, 6) is -0.668. The average Bonchev–Trinajstić information content (AvgIpc) is 3.58. The number of carbonyl (C=O) groups excluding carboxylic acids is 2. The van der Waals surface area contributed by atoms with Crippen LogP contribution in [0.3, 0.4) is 0 Å². The topological polar surface area (TPSA) is 91.7 Å². The highest BCUT2D eigenvalue weighted by molar-refractivity contribution is 7.91. The van der Waals surface area contributed by atoms with Crippen molar-refractivity contribution in [1.29, 1.82) is 0 Å². The first-order valence-corrected chi connectivity index (χ1v) is 16.2. The van der Waals surface area contributed by atoms with Crippen LogP contribution in [0.5, 0.6) is 0 Å². The molecule has 0 bridgehead atoms. The van der Waals surface area contributed by atoms with Gasteiger partial charge in [-0.25, -0.2) is 12.8 Å². The monoisotopic (exact) mass is 592 g/mol. The lowest BCUT2D eigenvalue weighted by molar-refractivity contribution is -0.133. The maximum absolute atomic E-state index is 13.6. The Labute approximate surface area is 246 Å². The molecule has 10 heteroatoms. The summed E-state index contributed by atoms with van der Waals surface area (Å²) in [5, 5.41) is 2.94. The second-order valence-electron chi connectivity index (χ2n) is 11.0. The highest BCUT2D eigenvalue weighted by Crippen LogP contribution is 2.44. The molecule has 3 aromatic rings. The van der Waals surface area contributed by atoms with Crippen LogP contribution in [0.2, 0.25) is 0 Å². The zero-order chi connectivity index (χ0) is 29.7. The van der Waals surface area contributed by atoms with Crippen LogP contribution in [-0.4, -0.2) is 84.4 Å². The molecule has 2 amide bonds. The fourth-order valence-corrected chi connectivity index (χ4v) is 6.86. The largest absolute Gasteiger partial charge is 0.340 e. The first-order valence-electron chi connectivity index (χ1n) is 14.4. The Morgan fingerprint density at radius 1 is 1.05 bits per heavy atom. The Kier molecular flexibility index (Phi) is 9.23. The van der Waals surface area contributed by atoms with E-state index in [1.54, 1.807) is 17.0 Å². The van der Waals surface area contributed by atoms with Gasteiger partial charge in [-0.15, -0.1) is 6.58 Å². The molecule has 2 aliphatic rings. The molecule has 0 unspecified atom stereocenters. The minimum absolute atomic E-state index is 0.0696. The molecule has 1 saturated heterocycles. The summed E-state index contributed by atoms with van der Waals surface area (Å²) in [6.07, 6.45) is 7.73. The van der Waals surface area contributed by atoms with Crippen LogP contribution in [0, 0.1) is 5.82 Å². The standard InChI is InChI=1S/C32H37FN4O4S/c1-2-15-36(30-23-28(30)24-7-11-26(33)12-8-24)18-5-6-29(32(39)37-19-21-42(40,41)22-20-37)34-31(38)25-9-13-27(14-10-25)35-16-3-4-17-35/h2-4,7-14,16-17,28-30H,1,5-6,15,18-23H2,(H,34,38)/t28-,29-,30+/m0/s1. The molecule has 1 N–H and O–H groups in total. The lowest BCUT2D eigenvalue weighted by Gasteiger charge is -2.31. The number of benzene rings is 2. The Morgan fingerprint density at radius 2 is 1.71 bits per heavy atom. The molecule has 0 radical (unpaired) electrons. The number of amides is 2. The van der Waals surface area contributed by atoms with Crippen LogP contribution in [0.25, 0.3) is 5.69 Å². The van der Waals surface area contributed by atoms with Crippen molar-refractivity contribution in [3.63, 3.8) is 0 Å². The number of hydrogen-bond acceptors (Lipinski definition) is 5. The van der Waals surface area contributed by atoms with E-state index < -0.39 is 15.9 Å². The summed E-state index contributed by atoms with van der Waals surface area (Å²) in [4.78, 5) is 30.7. The molecule has 8 nitrogen and oxygen atoms in total. The predicted octanol–water partition coefficient (Wildman–Crippen LogP) is 3.80. The Balaban J connectivity index is 1.24. The summed E-state index contributed by atoms with van der Waals surface area (Å²) in [5.41, 5.74) is 2.47. The second-order valence-corrected chi connectivity index (χ2v) is 13.3. The maximum Gasteiger partial charge on any atom is 0.251 e. The van der Waals surface area contributed by atoms with E-state index in [-0.39, 0.29) is 42.2 Å². The number of sulfone groups is 1. The third-order valence-electron chi connectivity index (χ3n) is 8.12. The van der Waals surface area contributed by atoms with Crippen molar-refractivity contribution in [2.45, 2.75) is 37.3 Å². The van der Waals surface area contributed by atoms with Gasteiger partial charge < -0.3 is 14.8 Å². The third kappa shape index (κ3) is 7.35. The SMILES string of the molecule is C=CCN(CCC[C@H](NC(=O)c1ccc(-n2cccc2)cc1)C(=O)N1CCS(=O)(=O)CC1)[C@@H]1C[C@H]1c1ccc(F)cc1. The molecule has 1 aromatic heterocycles. The van der Waals surface area contributed by atoms with E-state index in [4.69, 9.17) is 0 Å². The van der Waals surface area contributed by atoms with Crippen LogP contribution in [0.4, 0.5) is 4.39 Å². The summed E-state index contributed by atoms with van der Waals surface area (Å²) in [6, 6.07) is 17.2. The summed E-state index contributed by atoms with van der Waals surface area (Å²) in [7, 11) is -3.15. The summed E-state index contributed by atoms with van der Waals surface area (Å²) in [6.45, 7) is 5.54. The minimum atomic E-state index is -3.15. The molecule has 5 rings (SSSR count). The van der Waals surface area contributed by atoms with Crippen LogP contribution in [-0.2, 0) is 14.6 Å². The fraction of sp³-hybridized carbons (Fsp3) is 0.375. The number of nitrogens with zero attached hydrogens (tertiary/aromatic N) is 3. The molecule has 1 saturated carbocycles. The normalized spacial score (nSPS) is 20.2. The molecule has 3 atom stereocenters. The number of halogens is 1. The second kappa shape index (κ2) is 13.0. The molecule has 42 heavy (non-hydrogen) atoms. The first-order chi connectivity index (χ1) is 20.2. The molecule has 1 aliphatic carbocycles. The number of nitrogens with one attached hydrogen (secondary N) is 1. The van der Waals surface area contributed by atoms with Crippen molar-refractivity contribution in [2.75, 3.05) is 37.7 Å². The molecule has 222 valence electrons. The third-order valence-corrected chi connectivity index (χ3v) is 9.73. The van der Waals surface area contributed by atoms with Gasteiger partial charge in [0.25, 0.3) is 5.91 Å². The van der Waals surface area contributed by atoms with Gasteiger partial charge in [0.1, 0.15) is 11.9 Å². The van der Waals surface area contributed by atoms with Gasteiger partial charge in [-0.2, -0.15) is 0 Å². The Morgan fingerprint density at radius 3 is 2.36 bits per heavy atom. The molecule has 2 aromatic carbocycles. The lowest BCUT2D eigenvalue weighted by Crippen LogP contribution is -2.53. The van der Waals surface area contributed by atoms with Crippen molar-refractivity contribution in [2.24, 2.45) is 0 Å². The van der Waals surface area contributed by atoms with Gasteiger partial charge in [0.15, 0.2) is 9.84 Å². The van der Waals surface area contributed by atoms with Gasteiger partial charge in [0, 0.05) is 55.2 Å². The van der Waals surface area contributed by atoms with Crippen molar-refractivity contribution < 1.29 is 22.4 Å². The number of rotatable bonds is 12. The fourth-order valence-electron chi connectivity index (χ4n) is 5.65. The molecule has 2 heterocycles. The Hall–Kier alpha value is -3.76. The molecule has 1 aliphatic heterocycles. The van der Waals surface area contributed by atoms with E-state index in [2.05, 4.69) is 16.8 Å². The number of hydrogen-bond donors (Lipinski definition) is 1. The van der Waals surface area contributed by atoms with Gasteiger partial charge in [-0.05, 0) is 79.9 Å². The van der Waals surface area contributed by atoms with E-state index in [1.165, 1.54) is 12.1 Å². The van der Waals surface area contributed by atoms with Crippen molar-refractivity contribution in [3.05, 3.63) is 103 Å². The highest BCUT2D eigenvalue weighted by atomic mass is 32.2. The van der Waals surface area contributed by atoms with Gasteiger partial charge in [-0.3, -0.25) is 14.5 Å². The van der Waals surface area contributed by atoms with E-state index in [9.17, 15) is 22.4 Å². The Bertz CT molecular complexity index is 1480. The van der Waals surface area contributed by atoms with E-state index in [0.717, 1.165) is 17.7 Å². The number of aromatic nitrogens is 1. The van der Waals surface area contributed by atoms with E-state index in [1.807, 2.05) is 59.4 Å². The van der Waals surface area contributed by atoms with Gasteiger partial charge in [-0.1, -0.05) is 18.2 Å². The zero-order valence-electron chi connectivity index (χ0n) is 23.6.